The first kappa shape index (κ1) is 22.2. The second kappa shape index (κ2) is 10.3. The third-order valence-corrected chi connectivity index (χ3v) is 10.8. The third-order valence-electron chi connectivity index (χ3n) is 6.29. The van der Waals surface area contributed by atoms with Crippen LogP contribution in [0.25, 0.3) is 0 Å². The van der Waals surface area contributed by atoms with E-state index in [1.54, 1.807) is 0 Å². The summed E-state index contributed by atoms with van der Waals surface area (Å²) in [7, 11) is -1.65. The smallest absolute Gasteiger partial charge is 0.191 e. The Labute approximate surface area is 152 Å². The van der Waals surface area contributed by atoms with Crippen LogP contribution in [0.2, 0.25) is 18.1 Å². The van der Waals surface area contributed by atoms with E-state index >= 15 is 0 Å². The molecule has 3 heteroatoms. The zero-order chi connectivity index (χ0) is 18.2. The molecule has 0 aliphatic heterocycles. The van der Waals surface area contributed by atoms with Crippen LogP contribution in [0, 0.1) is 11.8 Å². The summed E-state index contributed by atoms with van der Waals surface area (Å²) in [4.78, 5) is 0. The van der Waals surface area contributed by atoms with Gasteiger partial charge in [0, 0.05) is 6.61 Å². The molecule has 1 N–H and O–H groups in total. The van der Waals surface area contributed by atoms with E-state index in [1.165, 1.54) is 51.4 Å². The van der Waals surface area contributed by atoms with Gasteiger partial charge >= 0.3 is 0 Å². The topological polar surface area (TPSA) is 29.5 Å². The second-order valence-corrected chi connectivity index (χ2v) is 14.4. The van der Waals surface area contributed by atoms with E-state index in [4.69, 9.17) is 4.43 Å². The Balaban J connectivity index is 2.04. The van der Waals surface area contributed by atoms with E-state index in [-0.39, 0.29) is 11.1 Å². The first-order valence-corrected chi connectivity index (χ1v) is 13.4. The average molecular weight is 357 g/mol. The molecule has 1 aliphatic carbocycles. The molecule has 0 spiro atoms. The maximum absolute atomic E-state index is 10.3. The van der Waals surface area contributed by atoms with Gasteiger partial charge in [0.2, 0.25) is 0 Å². The molecule has 0 bridgehead atoms. The number of hydrogen-bond donors (Lipinski definition) is 1. The molecule has 1 rings (SSSR count). The van der Waals surface area contributed by atoms with E-state index in [0.29, 0.717) is 0 Å². The quantitative estimate of drug-likeness (QED) is 0.300. The van der Waals surface area contributed by atoms with Crippen LogP contribution in [0.15, 0.2) is 0 Å². The molecule has 0 saturated heterocycles. The molecule has 1 fully saturated rings. The molecule has 0 aromatic carbocycles. The van der Waals surface area contributed by atoms with E-state index < -0.39 is 8.32 Å². The molecule has 0 amide bonds. The van der Waals surface area contributed by atoms with Gasteiger partial charge in [0.05, 0.1) is 6.10 Å². The van der Waals surface area contributed by atoms with Crippen LogP contribution >= 0.6 is 0 Å². The van der Waals surface area contributed by atoms with Crippen LogP contribution in [0.1, 0.15) is 91.9 Å². The van der Waals surface area contributed by atoms with E-state index in [1.807, 2.05) is 0 Å². The first-order valence-electron chi connectivity index (χ1n) is 10.5. The van der Waals surface area contributed by atoms with Crippen LogP contribution in [-0.4, -0.2) is 26.1 Å². The van der Waals surface area contributed by atoms with Gasteiger partial charge in [0.15, 0.2) is 8.32 Å². The highest BCUT2D eigenvalue weighted by Crippen LogP contribution is 2.45. The molecule has 0 aromatic rings. The summed E-state index contributed by atoms with van der Waals surface area (Å²) in [6.07, 6.45) is 12.8. The lowest BCUT2D eigenvalue weighted by atomic mass is 10.0. The number of unbranched alkanes of at least 4 members (excludes halogenated alkanes) is 5. The summed E-state index contributed by atoms with van der Waals surface area (Å²) in [6, 6.07) is 0. The Bertz CT molecular complexity index is 335. The van der Waals surface area contributed by atoms with E-state index in [2.05, 4.69) is 40.8 Å². The molecular formula is C21H44O2Si. The van der Waals surface area contributed by atoms with Crippen molar-refractivity contribution in [2.24, 2.45) is 11.8 Å². The molecule has 144 valence electrons. The van der Waals surface area contributed by atoms with Crippen molar-refractivity contribution < 1.29 is 9.53 Å². The maximum Gasteiger partial charge on any atom is 0.191 e. The van der Waals surface area contributed by atoms with Gasteiger partial charge in [-0.1, -0.05) is 72.6 Å². The molecule has 0 aromatic heterocycles. The van der Waals surface area contributed by atoms with E-state index in [9.17, 15) is 5.11 Å². The van der Waals surface area contributed by atoms with E-state index in [0.717, 1.165) is 31.3 Å². The minimum Gasteiger partial charge on any atom is -0.417 e. The standard InChI is InChI=1S/C21H44O2Si/c1-7-8-9-10-11-12-13-18-16-19(18)17-20(22)14-15-23-24(5,6)21(2,3)4/h18-20,22H,7-17H2,1-6H3. The molecule has 24 heavy (non-hydrogen) atoms. The predicted octanol–water partition coefficient (Wildman–Crippen LogP) is 6.54. The van der Waals surface area contributed by atoms with Gasteiger partial charge < -0.3 is 9.53 Å². The number of aliphatic hydroxyl groups excluding tert-OH is 1. The van der Waals surface area contributed by atoms with Gasteiger partial charge in [-0.05, 0) is 49.2 Å². The van der Waals surface area contributed by atoms with Gasteiger partial charge in [-0.15, -0.1) is 0 Å². The fourth-order valence-corrected chi connectivity index (χ4v) is 4.33. The molecule has 0 radical (unpaired) electrons. The van der Waals surface area contributed by atoms with Crippen LogP contribution in [0.3, 0.4) is 0 Å². The summed E-state index contributed by atoms with van der Waals surface area (Å²) < 4.78 is 6.18. The Kier molecular flexibility index (Phi) is 9.54. The highest BCUT2D eigenvalue weighted by atomic mass is 28.4. The fraction of sp³-hybridized carbons (Fsp3) is 1.00. The highest BCUT2D eigenvalue weighted by molar-refractivity contribution is 6.74. The summed E-state index contributed by atoms with van der Waals surface area (Å²) in [6.45, 7) is 14.4. The van der Waals surface area contributed by atoms with Crippen molar-refractivity contribution in [3.05, 3.63) is 0 Å². The molecule has 3 unspecified atom stereocenters. The summed E-state index contributed by atoms with van der Waals surface area (Å²) in [5, 5.41) is 10.5. The lowest BCUT2D eigenvalue weighted by Crippen LogP contribution is -2.41. The molecule has 1 aliphatic rings. The van der Waals surface area contributed by atoms with Crippen molar-refractivity contribution in [1.29, 1.82) is 0 Å². The Hall–Kier alpha value is 0.137. The van der Waals surface area contributed by atoms with Gasteiger partial charge in [-0.25, -0.2) is 0 Å². The maximum atomic E-state index is 10.3. The summed E-state index contributed by atoms with van der Waals surface area (Å²) in [5.41, 5.74) is 0. The average Bonchev–Trinajstić information content (AvgIpc) is 3.19. The van der Waals surface area contributed by atoms with Crippen molar-refractivity contribution in [2.45, 2.75) is 116 Å². The highest BCUT2D eigenvalue weighted by Gasteiger charge is 2.38. The SMILES string of the molecule is CCCCCCCCC1CC1CC(O)CCO[Si](C)(C)C(C)(C)C. The van der Waals surface area contributed by atoms with Gasteiger partial charge in [-0.2, -0.15) is 0 Å². The van der Waals surface area contributed by atoms with Crippen molar-refractivity contribution in [3.8, 4) is 0 Å². The fourth-order valence-electron chi connectivity index (χ4n) is 3.27. The first-order chi connectivity index (χ1) is 11.2. The number of aliphatic hydroxyl groups is 1. The van der Waals surface area contributed by atoms with Crippen molar-refractivity contribution in [3.63, 3.8) is 0 Å². The molecular weight excluding hydrogens is 312 g/mol. The molecule has 2 nitrogen and oxygen atoms in total. The van der Waals surface area contributed by atoms with Crippen LogP contribution < -0.4 is 0 Å². The van der Waals surface area contributed by atoms with Gasteiger partial charge in [0.25, 0.3) is 0 Å². The summed E-state index contributed by atoms with van der Waals surface area (Å²) in [5.74, 6) is 1.70. The van der Waals surface area contributed by atoms with Gasteiger partial charge in [-0.3, -0.25) is 0 Å². The molecule has 0 heterocycles. The van der Waals surface area contributed by atoms with Gasteiger partial charge in [0.1, 0.15) is 0 Å². The minimum absolute atomic E-state index is 0.158. The molecule has 3 atom stereocenters. The zero-order valence-electron chi connectivity index (χ0n) is 17.4. The second-order valence-electron chi connectivity index (χ2n) is 9.60. The summed E-state index contributed by atoms with van der Waals surface area (Å²) >= 11 is 0. The third kappa shape index (κ3) is 8.49. The van der Waals surface area contributed by atoms with Crippen molar-refractivity contribution >= 4 is 8.32 Å². The van der Waals surface area contributed by atoms with Crippen molar-refractivity contribution in [1.82, 2.24) is 0 Å². The molecule has 1 saturated carbocycles. The lowest BCUT2D eigenvalue weighted by molar-refractivity contribution is 0.120. The minimum atomic E-state index is -1.65. The lowest BCUT2D eigenvalue weighted by Gasteiger charge is -2.36. The van der Waals surface area contributed by atoms with Crippen LogP contribution in [0.5, 0.6) is 0 Å². The predicted molar refractivity (Wildman–Crippen MR) is 108 cm³/mol. The normalized spacial score (nSPS) is 22.6. The Morgan fingerprint density at radius 3 is 2.29 bits per heavy atom. The van der Waals surface area contributed by atoms with Crippen LogP contribution in [0.4, 0.5) is 0 Å². The van der Waals surface area contributed by atoms with Crippen LogP contribution in [-0.2, 0) is 4.43 Å². The largest absolute Gasteiger partial charge is 0.417 e. The number of rotatable bonds is 13. The van der Waals surface area contributed by atoms with Crippen molar-refractivity contribution in [2.75, 3.05) is 6.61 Å². The Morgan fingerprint density at radius 2 is 1.67 bits per heavy atom. The monoisotopic (exact) mass is 356 g/mol. The number of hydrogen-bond acceptors (Lipinski definition) is 2. The zero-order valence-corrected chi connectivity index (χ0v) is 18.4. The Morgan fingerprint density at radius 1 is 1.04 bits per heavy atom.